The minimum Gasteiger partial charge on any atom is -0.457 e. The van der Waals surface area contributed by atoms with Crippen LogP contribution in [0.1, 0.15) is 45.4 Å². The highest BCUT2D eigenvalue weighted by atomic mass is 16.7. The van der Waals surface area contributed by atoms with Gasteiger partial charge in [-0.15, -0.1) is 0 Å². The molecule has 4 heteroatoms. The Morgan fingerprint density at radius 2 is 1.86 bits per heavy atom. The zero-order valence-corrected chi connectivity index (χ0v) is 13.6. The van der Waals surface area contributed by atoms with Gasteiger partial charge in [0.05, 0.1) is 13.2 Å². The normalized spacial score (nSPS) is 22.1. The summed E-state index contributed by atoms with van der Waals surface area (Å²) in [6, 6.07) is 0. The number of carbonyl (C=O) groups excluding carboxylic acids is 1. The molecule has 1 fully saturated rings. The van der Waals surface area contributed by atoms with E-state index in [2.05, 4.69) is 20.1 Å². The fraction of sp³-hybridized carbons (Fsp3) is 0.611. The molecule has 0 bridgehead atoms. The van der Waals surface area contributed by atoms with Crippen molar-refractivity contribution in [3.05, 3.63) is 37.0 Å². The van der Waals surface area contributed by atoms with Crippen LogP contribution in [-0.2, 0) is 19.0 Å². The second-order valence-corrected chi connectivity index (χ2v) is 5.38. The van der Waals surface area contributed by atoms with Crippen molar-refractivity contribution in [1.82, 2.24) is 0 Å². The second-order valence-electron chi connectivity index (χ2n) is 5.38. The molecule has 0 saturated carbocycles. The molecule has 1 saturated heterocycles. The Balaban J connectivity index is 2.22. The Morgan fingerprint density at radius 1 is 1.18 bits per heavy atom. The van der Waals surface area contributed by atoms with E-state index >= 15 is 0 Å². The number of esters is 1. The fourth-order valence-corrected chi connectivity index (χ4v) is 2.24. The average Bonchev–Trinajstić information content (AvgIpc) is 2.53. The van der Waals surface area contributed by atoms with Crippen LogP contribution in [0.2, 0.25) is 0 Å². The molecule has 0 radical (unpaired) electrons. The minimum atomic E-state index is -0.459. The number of carbonyl (C=O) groups is 1. The van der Waals surface area contributed by atoms with Gasteiger partial charge in [-0.25, -0.2) is 0 Å². The van der Waals surface area contributed by atoms with Gasteiger partial charge < -0.3 is 14.2 Å². The van der Waals surface area contributed by atoms with Crippen molar-refractivity contribution < 1.29 is 19.0 Å². The predicted octanol–water partition coefficient (Wildman–Crippen LogP) is 3.93. The Bertz CT molecular complexity index is 379. The minimum absolute atomic E-state index is 0.169. The molecular weight excluding hydrogens is 280 g/mol. The molecule has 0 spiro atoms. The SMILES string of the molecule is C=C/C=C(\C=C)C1OCC(OC(=O)CCCCCCC)CO1. The van der Waals surface area contributed by atoms with Crippen LogP contribution < -0.4 is 0 Å². The molecule has 1 heterocycles. The van der Waals surface area contributed by atoms with Crippen LogP contribution in [0.3, 0.4) is 0 Å². The summed E-state index contributed by atoms with van der Waals surface area (Å²) >= 11 is 0. The molecule has 1 rings (SSSR count). The zero-order valence-electron chi connectivity index (χ0n) is 13.6. The largest absolute Gasteiger partial charge is 0.457 e. The lowest BCUT2D eigenvalue weighted by atomic mass is 10.1. The standard InChI is InChI=1S/C18H28O4/c1-4-7-8-9-10-12-17(19)22-16-13-20-18(21-14-16)15(6-3)11-5-2/h5-6,11,16,18H,2-4,7-10,12-14H2,1H3/b15-11+. The lowest BCUT2D eigenvalue weighted by Crippen LogP contribution is -2.39. The summed E-state index contributed by atoms with van der Waals surface area (Å²) in [7, 11) is 0. The third kappa shape index (κ3) is 7.05. The third-order valence-corrected chi connectivity index (χ3v) is 3.47. The Hall–Kier alpha value is -1.39. The van der Waals surface area contributed by atoms with Gasteiger partial charge in [-0.2, -0.15) is 0 Å². The number of hydrogen-bond acceptors (Lipinski definition) is 4. The highest BCUT2D eigenvalue weighted by Gasteiger charge is 2.26. The lowest BCUT2D eigenvalue weighted by Gasteiger charge is -2.29. The molecule has 0 aromatic carbocycles. The van der Waals surface area contributed by atoms with Crippen molar-refractivity contribution in [2.75, 3.05) is 13.2 Å². The topological polar surface area (TPSA) is 44.8 Å². The molecule has 4 nitrogen and oxygen atoms in total. The van der Waals surface area contributed by atoms with Crippen LogP contribution >= 0.6 is 0 Å². The van der Waals surface area contributed by atoms with Gasteiger partial charge in [-0.05, 0) is 6.42 Å². The quantitative estimate of drug-likeness (QED) is 0.348. The molecule has 1 aliphatic rings. The summed E-state index contributed by atoms with van der Waals surface area (Å²) in [5.41, 5.74) is 0.815. The van der Waals surface area contributed by atoms with E-state index in [4.69, 9.17) is 14.2 Å². The third-order valence-electron chi connectivity index (χ3n) is 3.47. The maximum Gasteiger partial charge on any atom is 0.306 e. The van der Waals surface area contributed by atoms with E-state index in [1.54, 1.807) is 18.2 Å². The molecule has 0 aromatic rings. The van der Waals surface area contributed by atoms with Crippen LogP contribution in [0.4, 0.5) is 0 Å². The van der Waals surface area contributed by atoms with Crippen molar-refractivity contribution in [1.29, 1.82) is 0 Å². The second kappa shape index (κ2) is 11.2. The molecule has 0 unspecified atom stereocenters. The Kier molecular flexibility index (Phi) is 9.51. The zero-order chi connectivity index (χ0) is 16.2. The number of ether oxygens (including phenoxy) is 3. The summed E-state index contributed by atoms with van der Waals surface area (Å²) in [6.07, 6.45) is 10.4. The van der Waals surface area contributed by atoms with Gasteiger partial charge >= 0.3 is 5.97 Å². The van der Waals surface area contributed by atoms with Crippen molar-refractivity contribution in [2.24, 2.45) is 0 Å². The first-order chi connectivity index (χ1) is 10.7. The van der Waals surface area contributed by atoms with E-state index in [0.717, 1.165) is 18.4 Å². The number of hydrogen-bond donors (Lipinski definition) is 0. The number of unbranched alkanes of at least 4 members (excludes halogenated alkanes) is 4. The first kappa shape index (κ1) is 18.7. The summed E-state index contributed by atoms with van der Waals surface area (Å²) in [6.45, 7) is 10.2. The highest BCUT2D eigenvalue weighted by Crippen LogP contribution is 2.17. The molecule has 0 atom stereocenters. The average molecular weight is 308 g/mol. The van der Waals surface area contributed by atoms with Gasteiger partial charge in [-0.1, -0.05) is 64.0 Å². The predicted molar refractivity (Wildman–Crippen MR) is 87.4 cm³/mol. The van der Waals surface area contributed by atoms with Crippen LogP contribution in [0.25, 0.3) is 0 Å². The van der Waals surface area contributed by atoms with Gasteiger partial charge in [0.2, 0.25) is 0 Å². The highest BCUT2D eigenvalue weighted by molar-refractivity contribution is 5.69. The van der Waals surface area contributed by atoms with Crippen molar-refractivity contribution >= 4 is 5.97 Å². The molecule has 124 valence electrons. The monoisotopic (exact) mass is 308 g/mol. The fourth-order valence-electron chi connectivity index (χ4n) is 2.24. The number of allylic oxidation sites excluding steroid dienone is 2. The van der Waals surface area contributed by atoms with Crippen molar-refractivity contribution in [3.63, 3.8) is 0 Å². The van der Waals surface area contributed by atoms with E-state index in [1.165, 1.54) is 19.3 Å². The Morgan fingerprint density at radius 3 is 2.45 bits per heavy atom. The molecule has 1 aliphatic heterocycles. The smallest absolute Gasteiger partial charge is 0.306 e. The van der Waals surface area contributed by atoms with Crippen molar-refractivity contribution in [2.45, 2.75) is 57.8 Å². The maximum atomic E-state index is 11.7. The first-order valence-electron chi connectivity index (χ1n) is 8.09. The van der Waals surface area contributed by atoms with E-state index in [-0.39, 0.29) is 12.1 Å². The lowest BCUT2D eigenvalue weighted by molar-refractivity contribution is -0.210. The molecule has 22 heavy (non-hydrogen) atoms. The molecule has 0 amide bonds. The van der Waals surface area contributed by atoms with E-state index in [1.807, 2.05) is 0 Å². The van der Waals surface area contributed by atoms with Crippen LogP contribution in [0.15, 0.2) is 37.0 Å². The van der Waals surface area contributed by atoms with E-state index in [0.29, 0.717) is 19.6 Å². The van der Waals surface area contributed by atoms with Crippen molar-refractivity contribution in [3.8, 4) is 0 Å². The van der Waals surface area contributed by atoms with Gasteiger partial charge in [-0.3, -0.25) is 4.79 Å². The summed E-state index contributed by atoms with van der Waals surface area (Å²) in [4.78, 5) is 11.7. The maximum absolute atomic E-state index is 11.7. The molecule has 0 aromatic heterocycles. The van der Waals surface area contributed by atoms with E-state index < -0.39 is 6.29 Å². The summed E-state index contributed by atoms with van der Waals surface area (Å²) in [5, 5.41) is 0. The molecule has 0 aliphatic carbocycles. The van der Waals surface area contributed by atoms with Crippen LogP contribution in [-0.4, -0.2) is 31.6 Å². The van der Waals surface area contributed by atoms with Gasteiger partial charge in [0.25, 0.3) is 0 Å². The number of rotatable bonds is 10. The summed E-state index contributed by atoms with van der Waals surface area (Å²) in [5.74, 6) is -0.169. The van der Waals surface area contributed by atoms with Gasteiger partial charge in [0.15, 0.2) is 6.29 Å². The van der Waals surface area contributed by atoms with Crippen LogP contribution in [0, 0.1) is 0 Å². The molecule has 0 N–H and O–H groups in total. The molecular formula is C18H28O4. The van der Waals surface area contributed by atoms with Crippen LogP contribution in [0.5, 0.6) is 0 Å². The van der Waals surface area contributed by atoms with Gasteiger partial charge in [0, 0.05) is 12.0 Å². The Labute approximate surface area is 133 Å². The van der Waals surface area contributed by atoms with Gasteiger partial charge in [0.1, 0.15) is 6.10 Å². The first-order valence-corrected chi connectivity index (χ1v) is 8.09. The summed E-state index contributed by atoms with van der Waals surface area (Å²) < 4.78 is 16.5. The van der Waals surface area contributed by atoms with E-state index in [9.17, 15) is 4.79 Å².